The van der Waals surface area contributed by atoms with Crippen molar-refractivity contribution in [3.63, 3.8) is 0 Å². The molecular weight excluding hydrogens is 250 g/mol. The lowest BCUT2D eigenvalue weighted by molar-refractivity contribution is 0.271. The highest BCUT2D eigenvalue weighted by Gasteiger charge is 2.28. The molecule has 1 aromatic rings. The third-order valence-corrected chi connectivity index (χ3v) is 5.12. The van der Waals surface area contributed by atoms with Gasteiger partial charge in [-0.3, -0.25) is 4.98 Å². The minimum atomic E-state index is -3.23. The smallest absolute Gasteiger partial charge is 0.218 e. The van der Waals surface area contributed by atoms with Crippen LogP contribution in [0.5, 0.6) is 0 Å². The van der Waals surface area contributed by atoms with Crippen molar-refractivity contribution in [2.75, 3.05) is 19.6 Å². The topological polar surface area (TPSA) is 76.3 Å². The van der Waals surface area contributed by atoms with Gasteiger partial charge in [-0.2, -0.15) is 0 Å². The van der Waals surface area contributed by atoms with E-state index in [1.54, 1.807) is 28.8 Å². The molecule has 2 N–H and O–H groups in total. The summed E-state index contributed by atoms with van der Waals surface area (Å²) in [6, 6.07) is 3.48. The summed E-state index contributed by atoms with van der Waals surface area (Å²) in [5.74, 6) is 0.346. The summed E-state index contributed by atoms with van der Waals surface area (Å²) in [4.78, 5) is 3.89. The molecule has 1 atom stereocenters. The zero-order valence-corrected chi connectivity index (χ0v) is 11.1. The number of nitrogens with two attached hydrogens (primary N) is 1. The largest absolute Gasteiger partial charge is 0.330 e. The molecule has 0 aromatic carbocycles. The Morgan fingerprint density at radius 2 is 2.11 bits per heavy atom. The minimum absolute atomic E-state index is 0.0484. The highest BCUT2D eigenvalue weighted by molar-refractivity contribution is 7.88. The number of aromatic nitrogens is 1. The van der Waals surface area contributed by atoms with Crippen molar-refractivity contribution in [1.82, 2.24) is 9.29 Å². The monoisotopic (exact) mass is 269 g/mol. The molecule has 1 aliphatic rings. The van der Waals surface area contributed by atoms with Crippen molar-refractivity contribution < 1.29 is 8.42 Å². The molecule has 0 amide bonds. The Balaban J connectivity index is 2.06. The lowest BCUT2D eigenvalue weighted by Gasteiger charge is -2.31. The van der Waals surface area contributed by atoms with Gasteiger partial charge < -0.3 is 5.73 Å². The second kappa shape index (κ2) is 5.77. The van der Waals surface area contributed by atoms with Crippen molar-refractivity contribution >= 4 is 10.0 Å². The molecule has 1 aromatic heterocycles. The zero-order valence-electron chi connectivity index (χ0n) is 10.3. The molecule has 6 heteroatoms. The van der Waals surface area contributed by atoms with Gasteiger partial charge in [-0.05, 0) is 43.0 Å². The van der Waals surface area contributed by atoms with Gasteiger partial charge in [-0.25, -0.2) is 12.7 Å². The van der Waals surface area contributed by atoms with Crippen LogP contribution >= 0.6 is 0 Å². The zero-order chi connectivity index (χ0) is 13.0. The first-order valence-corrected chi connectivity index (χ1v) is 7.79. The summed E-state index contributed by atoms with van der Waals surface area (Å²) in [7, 11) is -3.23. The van der Waals surface area contributed by atoms with Gasteiger partial charge in [0, 0.05) is 25.5 Å². The molecule has 0 saturated carbocycles. The fraction of sp³-hybridized carbons (Fsp3) is 0.583. The van der Waals surface area contributed by atoms with Crippen LogP contribution in [0.3, 0.4) is 0 Å². The Hall–Kier alpha value is -0.980. The molecule has 0 unspecified atom stereocenters. The van der Waals surface area contributed by atoms with Crippen LogP contribution in [0, 0.1) is 5.92 Å². The van der Waals surface area contributed by atoms with E-state index >= 15 is 0 Å². The van der Waals surface area contributed by atoms with Crippen LogP contribution in [0.1, 0.15) is 18.4 Å². The highest BCUT2D eigenvalue weighted by atomic mass is 32.2. The summed E-state index contributed by atoms with van der Waals surface area (Å²) in [6.45, 7) is 1.73. The van der Waals surface area contributed by atoms with E-state index in [4.69, 9.17) is 5.73 Å². The molecule has 0 bridgehead atoms. The lowest BCUT2D eigenvalue weighted by atomic mass is 10.0. The molecule has 5 nitrogen and oxygen atoms in total. The van der Waals surface area contributed by atoms with E-state index in [0.29, 0.717) is 25.6 Å². The minimum Gasteiger partial charge on any atom is -0.330 e. The highest BCUT2D eigenvalue weighted by Crippen LogP contribution is 2.20. The molecular formula is C12H19N3O2S. The molecule has 0 spiro atoms. The van der Waals surface area contributed by atoms with E-state index in [1.165, 1.54) is 0 Å². The van der Waals surface area contributed by atoms with E-state index in [1.807, 2.05) is 0 Å². The van der Waals surface area contributed by atoms with E-state index < -0.39 is 10.0 Å². The second-order valence-corrected chi connectivity index (χ2v) is 6.68. The fourth-order valence-electron chi connectivity index (χ4n) is 2.25. The maximum atomic E-state index is 12.3. The Bertz CT molecular complexity index is 475. The summed E-state index contributed by atoms with van der Waals surface area (Å²) in [5.41, 5.74) is 6.41. The second-order valence-electron chi connectivity index (χ2n) is 4.71. The third kappa shape index (κ3) is 3.28. The van der Waals surface area contributed by atoms with Crippen LogP contribution < -0.4 is 5.73 Å². The third-order valence-electron chi connectivity index (χ3n) is 3.31. The molecule has 1 fully saturated rings. The molecule has 2 heterocycles. The number of rotatable bonds is 4. The first kappa shape index (κ1) is 13.5. The predicted octanol–water partition coefficient (Wildman–Crippen LogP) is 0.582. The summed E-state index contributed by atoms with van der Waals surface area (Å²) < 4.78 is 26.1. The first-order chi connectivity index (χ1) is 8.62. The van der Waals surface area contributed by atoms with Crippen LogP contribution in [-0.4, -0.2) is 37.3 Å². The first-order valence-electron chi connectivity index (χ1n) is 6.18. The van der Waals surface area contributed by atoms with E-state index in [9.17, 15) is 8.42 Å². The van der Waals surface area contributed by atoms with E-state index in [2.05, 4.69) is 4.98 Å². The molecule has 2 rings (SSSR count). The van der Waals surface area contributed by atoms with Gasteiger partial charge in [0.15, 0.2) is 0 Å². The fourth-order valence-corrected chi connectivity index (χ4v) is 3.89. The lowest BCUT2D eigenvalue weighted by Crippen LogP contribution is -2.42. The van der Waals surface area contributed by atoms with Crippen LogP contribution in [0.15, 0.2) is 24.5 Å². The Kier molecular flexibility index (Phi) is 4.31. The van der Waals surface area contributed by atoms with Gasteiger partial charge in [0.05, 0.1) is 5.75 Å². The quantitative estimate of drug-likeness (QED) is 0.867. The van der Waals surface area contributed by atoms with E-state index in [-0.39, 0.29) is 5.75 Å². The Labute approximate surface area is 108 Å². The van der Waals surface area contributed by atoms with E-state index in [0.717, 1.165) is 18.4 Å². The van der Waals surface area contributed by atoms with Crippen molar-refractivity contribution in [3.8, 4) is 0 Å². The number of sulfonamides is 1. The Morgan fingerprint density at radius 1 is 1.39 bits per heavy atom. The van der Waals surface area contributed by atoms with Crippen LogP contribution in [0.25, 0.3) is 0 Å². The van der Waals surface area contributed by atoms with Crippen molar-refractivity contribution in [1.29, 1.82) is 0 Å². The van der Waals surface area contributed by atoms with Crippen LogP contribution in [0.2, 0.25) is 0 Å². The number of pyridine rings is 1. The van der Waals surface area contributed by atoms with Crippen molar-refractivity contribution in [2.45, 2.75) is 18.6 Å². The van der Waals surface area contributed by atoms with Crippen LogP contribution in [0.4, 0.5) is 0 Å². The molecule has 1 saturated heterocycles. The van der Waals surface area contributed by atoms with Gasteiger partial charge in [0.25, 0.3) is 0 Å². The average molecular weight is 269 g/mol. The molecule has 0 aliphatic carbocycles. The molecule has 18 heavy (non-hydrogen) atoms. The van der Waals surface area contributed by atoms with Crippen molar-refractivity contribution in [2.24, 2.45) is 11.7 Å². The SMILES string of the molecule is NC[C@H]1CCCN(S(=O)(=O)Cc2ccncc2)C1. The molecule has 0 radical (unpaired) electrons. The van der Waals surface area contributed by atoms with Crippen molar-refractivity contribution in [3.05, 3.63) is 30.1 Å². The number of hydrogen-bond acceptors (Lipinski definition) is 4. The van der Waals surface area contributed by atoms with Gasteiger partial charge in [-0.15, -0.1) is 0 Å². The number of hydrogen-bond donors (Lipinski definition) is 1. The molecule has 100 valence electrons. The number of nitrogens with zero attached hydrogens (tertiary/aromatic N) is 2. The van der Waals surface area contributed by atoms with Gasteiger partial charge in [-0.1, -0.05) is 0 Å². The standard InChI is InChI=1S/C12H19N3O2S/c13-8-12-2-1-7-15(9-12)18(16,17)10-11-3-5-14-6-4-11/h3-6,12H,1-2,7-10,13H2/t12-/m1/s1. The maximum Gasteiger partial charge on any atom is 0.218 e. The summed E-state index contributed by atoms with van der Waals surface area (Å²) >= 11 is 0. The van der Waals surface area contributed by atoms with Gasteiger partial charge >= 0.3 is 0 Å². The summed E-state index contributed by atoms with van der Waals surface area (Å²) in [5, 5.41) is 0. The normalized spacial score (nSPS) is 21.9. The van der Waals surface area contributed by atoms with Crippen LogP contribution in [-0.2, 0) is 15.8 Å². The maximum absolute atomic E-state index is 12.3. The summed E-state index contributed by atoms with van der Waals surface area (Å²) in [6.07, 6.45) is 5.16. The Morgan fingerprint density at radius 3 is 2.78 bits per heavy atom. The predicted molar refractivity (Wildman–Crippen MR) is 70.2 cm³/mol. The average Bonchev–Trinajstić information content (AvgIpc) is 2.39. The number of piperidine rings is 1. The molecule has 1 aliphatic heterocycles. The van der Waals surface area contributed by atoms with Gasteiger partial charge in [0.2, 0.25) is 10.0 Å². The van der Waals surface area contributed by atoms with Gasteiger partial charge in [0.1, 0.15) is 0 Å².